The van der Waals surface area contributed by atoms with Crippen LogP contribution >= 0.6 is 0 Å². The number of hydrogen-bond acceptors (Lipinski definition) is 3. The summed E-state index contributed by atoms with van der Waals surface area (Å²) in [7, 11) is 0. The molecule has 0 atom stereocenters. The Morgan fingerprint density at radius 2 is 2.07 bits per heavy atom. The monoisotopic (exact) mass is 196 g/mol. The SMILES string of the molecule is OCCCCCN=c1ccccn1O. The third kappa shape index (κ3) is 3.62. The summed E-state index contributed by atoms with van der Waals surface area (Å²) < 4.78 is 1.01. The number of aliphatic hydroxyl groups excluding tert-OH is 1. The molecule has 4 nitrogen and oxygen atoms in total. The molecule has 0 spiro atoms. The first-order valence-electron chi connectivity index (χ1n) is 4.83. The predicted octanol–water partition coefficient (Wildman–Crippen LogP) is 0.789. The van der Waals surface area contributed by atoms with E-state index in [1.165, 1.54) is 0 Å². The van der Waals surface area contributed by atoms with Crippen LogP contribution in [0.1, 0.15) is 19.3 Å². The molecule has 0 aliphatic carbocycles. The quantitative estimate of drug-likeness (QED) is 0.540. The lowest BCUT2D eigenvalue weighted by atomic mass is 10.2. The number of aromatic nitrogens is 1. The van der Waals surface area contributed by atoms with Crippen LogP contribution in [0.5, 0.6) is 0 Å². The first kappa shape index (κ1) is 10.8. The normalized spacial score (nSPS) is 11.9. The minimum absolute atomic E-state index is 0.241. The Morgan fingerprint density at radius 1 is 1.21 bits per heavy atom. The van der Waals surface area contributed by atoms with Crippen molar-refractivity contribution in [3.8, 4) is 0 Å². The molecule has 0 fully saturated rings. The van der Waals surface area contributed by atoms with E-state index in [2.05, 4.69) is 4.99 Å². The van der Waals surface area contributed by atoms with Gasteiger partial charge in [-0.05, 0) is 31.4 Å². The second kappa shape index (κ2) is 6.21. The maximum Gasteiger partial charge on any atom is 0.163 e. The van der Waals surface area contributed by atoms with Crippen molar-refractivity contribution in [2.24, 2.45) is 4.99 Å². The van der Waals surface area contributed by atoms with E-state index in [1.54, 1.807) is 18.3 Å². The maximum absolute atomic E-state index is 9.30. The number of pyridine rings is 1. The van der Waals surface area contributed by atoms with Gasteiger partial charge in [-0.3, -0.25) is 4.99 Å². The Morgan fingerprint density at radius 3 is 2.79 bits per heavy atom. The zero-order valence-electron chi connectivity index (χ0n) is 8.13. The van der Waals surface area contributed by atoms with Gasteiger partial charge in [0.05, 0.1) is 0 Å². The number of hydrogen-bond donors (Lipinski definition) is 2. The Kier molecular flexibility index (Phi) is 4.78. The van der Waals surface area contributed by atoms with E-state index in [0.29, 0.717) is 12.0 Å². The van der Waals surface area contributed by atoms with Crippen molar-refractivity contribution in [3.63, 3.8) is 0 Å². The molecule has 2 N–H and O–H groups in total. The zero-order valence-corrected chi connectivity index (χ0v) is 8.13. The summed E-state index contributed by atoms with van der Waals surface area (Å²) >= 11 is 0. The highest BCUT2D eigenvalue weighted by atomic mass is 16.5. The van der Waals surface area contributed by atoms with Crippen molar-refractivity contribution in [1.29, 1.82) is 0 Å². The molecule has 0 amide bonds. The van der Waals surface area contributed by atoms with Gasteiger partial charge in [0.1, 0.15) is 0 Å². The smallest absolute Gasteiger partial charge is 0.163 e. The lowest BCUT2D eigenvalue weighted by Gasteiger charge is -1.97. The molecule has 1 aromatic heterocycles. The molecule has 78 valence electrons. The largest absolute Gasteiger partial charge is 0.427 e. The first-order valence-corrected chi connectivity index (χ1v) is 4.83. The minimum Gasteiger partial charge on any atom is -0.427 e. The van der Waals surface area contributed by atoms with Crippen LogP contribution in [0, 0.1) is 0 Å². The summed E-state index contributed by atoms with van der Waals surface area (Å²) in [6.07, 6.45) is 4.28. The van der Waals surface area contributed by atoms with Crippen LogP contribution in [0.4, 0.5) is 0 Å². The average molecular weight is 196 g/mol. The summed E-state index contributed by atoms with van der Waals surface area (Å²) in [5, 5.41) is 17.8. The van der Waals surface area contributed by atoms with Gasteiger partial charge in [0, 0.05) is 19.3 Å². The van der Waals surface area contributed by atoms with Crippen LogP contribution < -0.4 is 5.49 Å². The number of unbranched alkanes of at least 4 members (excludes halogenated alkanes) is 2. The fourth-order valence-electron chi connectivity index (χ4n) is 1.14. The molecule has 0 bridgehead atoms. The van der Waals surface area contributed by atoms with Gasteiger partial charge >= 0.3 is 0 Å². The van der Waals surface area contributed by atoms with E-state index in [-0.39, 0.29) is 6.61 Å². The van der Waals surface area contributed by atoms with Crippen LogP contribution in [-0.2, 0) is 0 Å². The van der Waals surface area contributed by atoms with Crippen molar-refractivity contribution < 1.29 is 10.3 Å². The lowest BCUT2D eigenvalue weighted by Crippen LogP contribution is -2.17. The summed E-state index contributed by atoms with van der Waals surface area (Å²) in [6.45, 7) is 0.926. The van der Waals surface area contributed by atoms with Gasteiger partial charge in [-0.25, -0.2) is 0 Å². The van der Waals surface area contributed by atoms with Gasteiger partial charge in [0.25, 0.3) is 0 Å². The van der Waals surface area contributed by atoms with E-state index in [1.807, 2.05) is 6.07 Å². The molecule has 0 aliphatic heterocycles. The summed E-state index contributed by atoms with van der Waals surface area (Å²) in [5.74, 6) is 0. The molecule has 0 saturated heterocycles. The van der Waals surface area contributed by atoms with E-state index in [0.717, 1.165) is 24.0 Å². The van der Waals surface area contributed by atoms with Crippen molar-refractivity contribution in [2.75, 3.05) is 13.2 Å². The van der Waals surface area contributed by atoms with Crippen molar-refractivity contribution in [1.82, 2.24) is 4.73 Å². The molecule has 0 aromatic carbocycles. The Bertz CT molecular complexity index is 320. The minimum atomic E-state index is 0.241. The lowest BCUT2D eigenvalue weighted by molar-refractivity contribution is 0.171. The highest BCUT2D eigenvalue weighted by Gasteiger charge is 1.88. The van der Waals surface area contributed by atoms with E-state index >= 15 is 0 Å². The van der Waals surface area contributed by atoms with E-state index in [4.69, 9.17) is 5.11 Å². The van der Waals surface area contributed by atoms with Crippen LogP contribution in [0.2, 0.25) is 0 Å². The maximum atomic E-state index is 9.30. The zero-order chi connectivity index (χ0) is 10.2. The van der Waals surface area contributed by atoms with Gasteiger partial charge in [-0.15, -0.1) is 0 Å². The van der Waals surface area contributed by atoms with Crippen LogP contribution in [-0.4, -0.2) is 28.2 Å². The predicted molar refractivity (Wildman–Crippen MR) is 53.0 cm³/mol. The molecule has 14 heavy (non-hydrogen) atoms. The molecular weight excluding hydrogens is 180 g/mol. The van der Waals surface area contributed by atoms with Crippen LogP contribution in [0.15, 0.2) is 29.4 Å². The third-order valence-corrected chi connectivity index (χ3v) is 1.91. The molecule has 1 rings (SSSR count). The fourth-order valence-corrected chi connectivity index (χ4v) is 1.14. The topological polar surface area (TPSA) is 57.8 Å². The molecule has 1 heterocycles. The van der Waals surface area contributed by atoms with Crippen molar-refractivity contribution in [3.05, 3.63) is 29.9 Å². The van der Waals surface area contributed by atoms with Gasteiger partial charge in [0.15, 0.2) is 5.49 Å². The van der Waals surface area contributed by atoms with Crippen LogP contribution in [0.3, 0.4) is 0 Å². The van der Waals surface area contributed by atoms with Gasteiger partial charge in [-0.1, -0.05) is 6.07 Å². The van der Waals surface area contributed by atoms with E-state index in [9.17, 15) is 5.21 Å². The second-order valence-corrected chi connectivity index (χ2v) is 3.07. The molecule has 0 unspecified atom stereocenters. The number of aliphatic hydroxyl groups is 1. The first-order chi connectivity index (χ1) is 6.84. The highest BCUT2D eigenvalue weighted by Crippen LogP contribution is 1.93. The second-order valence-electron chi connectivity index (χ2n) is 3.07. The van der Waals surface area contributed by atoms with Gasteiger partial charge in [0.2, 0.25) is 0 Å². The molecular formula is C10H16N2O2. The van der Waals surface area contributed by atoms with Crippen molar-refractivity contribution >= 4 is 0 Å². The molecule has 4 heteroatoms. The van der Waals surface area contributed by atoms with Gasteiger partial charge in [-0.2, -0.15) is 4.73 Å². The summed E-state index contributed by atoms with van der Waals surface area (Å²) in [6, 6.07) is 5.33. The molecule has 0 aliphatic rings. The Labute approximate surface area is 83.1 Å². The van der Waals surface area contributed by atoms with Gasteiger partial charge < -0.3 is 10.3 Å². The molecule has 0 radical (unpaired) electrons. The molecule has 1 aromatic rings. The molecule has 0 saturated carbocycles. The van der Waals surface area contributed by atoms with Crippen molar-refractivity contribution in [2.45, 2.75) is 19.3 Å². The standard InChI is InChI=1S/C10H16N2O2/c13-9-5-1-3-7-11-10-6-2-4-8-12(10)14/h2,4,6,8,13-14H,1,3,5,7,9H2. The van der Waals surface area contributed by atoms with Crippen LogP contribution in [0.25, 0.3) is 0 Å². The van der Waals surface area contributed by atoms with E-state index < -0.39 is 0 Å². The fraction of sp³-hybridized carbons (Fsp3) is 0.500. The third-order valence-electron chi connectivity index (χ3n) is 1.91. The highest BCUT2D eigenvalue weighted by molar-refractivity contribution is 4.90. The average Bonchev–Trinajstić information content (AvgIpc) is 2.20. The number of nitrogens with zero attached hydrogens (tertiary/aromatic N) is 2. The Balaban J connectivity index is 2.41. The summed E-state index contributed by atoms with van der Waals surface area (Å²) in [5.41, 5.74) is 0.566. The Hall–Kier alpha value is -1.29. The summed E-state index contributed by atoms with van der Waals surface area (Å²) in [4.78, 5) is 4.21. The number of rotatable bonds is 5.